The van der Waals surface area contributed by atoms with Gasteiger partial charge in [0.15, 0.2) is 0 Å². The van der Waals surface area contributed by atoms with Crippen molar-refractivity contribution in [1.82, 2.24) is 16.2 Å². The molecule has 3 N–H and O–H groups in total. The minimum atomic E-state index is -0.371. The SMILES string of the molecule is O=C(CCCOc1ccc(Cl)cc1Cl)NNC(=O)NC1CCCCC1. The molecule has 3 amide bonds. The maximum absolute atomic E-state index is 11.7. The highest BCUT2D eigenvalue weighted by Gasteiger charge is 2.15. The molecule has 1 fully saturated rings. The molecule has 138 valence electrons. The van der Waals surface area contributed by atoms with Gasteiger partial charge in [0.25, 0.3) is 0 Å². The van der Waals surface area contributed by atoms with Gasteiger partial charge in [-0.15, -0.1) is 0 Å². The van der Waals surface area contributed by atoms with Crippen LogP contribution in [0, 0.1) is 0 Å². The Hall–Kier alpha value is -1.66. The molecule has 0 spiro atoms. The maximum atomic E-state index is 11.7. The van der Waals surface area contributed by atoms with E-state index in [-0.39, 0.29) is 24.4 Å². The number of urea groups is 1. The van der Waals surface area contributed by atoms with Crippen molar-refractivity contribution in [2.75, 3.05) is 6.61 Å². The fraction of sp³-hybridized carbons (Fsp3) is 0.529. The van der Waals surface area contributed by atoms with Crippen LogP contribution in [0.25, 0.3) is 0 Å². The zero-order valence-electron chi connectivity index (χ0n) is 13.9. The van der Waals surface area contributed by atoms with Crippen LogP contribution in [0.3, 0.4) is 0 Å². The van der Waals surface area contributed by atoms with E-state index in [0.29, 0.717) is 28.8 Å². The van der Waals surface area contributed by atoms with E-state index in [4.69, 9.17) is 27.9 Å². The molecule has 0 unspecified atom stereocenters. The van der Waals surface area contributed by atoms with Gasteiger partial charge in [0.1, 0.15) is 5.75 Å². The zero-order valence-corrected chi connectivity index (χ0v) is 15.5. The molecular formula is C17H23Cl2N3O3. The molecule has 1 saturated carbocycles. The molecule has 1 aromatic carbocycles. The van der Waals surface area contributed by atoms with Crippen molar-refractivity contribution in [1.29, 1.82) is 0 Å². The van der Waals surface area contributed by atoms with E-state index < -0.39 is 0 Å². The normalized spacial score (nSPS) is 14.6. The summed E-state index contributed by atoms with van der Waals surface area (Å²) in [7, 11) is 0. The van der Waals surface area contributed by atoms with Gasteiger partial charge in [-0.1, -0.05) is 42.5 Å². The van der Waals surface area contributed by atoms with Gasteiger partial charge in [0, 0.05) is 17.5 Å². The van der Waals surface area contributed by atoms with Crippen molar-refractivity contribution in [2.24, 2.45) is 0 Å². The Morgan fingerprint density at radius 3 is 2.60 bits per heavy atom. The summed E-state index contributed by atoms with van der Waals surface area (Å²) in [5, 5.41) is 3.82. The topological polar surface area (TPSA) is 79.5 Å². The molecule has 0 heterocycles. The Bertz CT molecular complexity index is 593. The number of carbonyl (C=O) groups excluding carboxylic acids is 2. The van der Waals surface area contributed by atoms with E-state index in [9.17, 15) is 9.59 Å². The smallest absolute Gasteiger partial charge is 0.333 e. The molecule has 25 heavy (non-hydrogen) atoms. The van der Waals surface area contributed by atoms with Crippen molar-refractivity contribution in [2.45, 2.75) is 51.0 Å². The van der Waals surface area contributed by atoms with Crippen LogP contribution in [0.1, 0.15) is 44.9 Å². The van der Waals surface area contributed by atoms with Gasteiger partial charge in [-0.05, 0) is 37.5 Å². The van der Waals surface area contributed by atoms with Gasteiger partial charge in [-0.25, -0.2) is 10.2 Å². The number of amides is 3. The maximum Gasteiger partial charge on any atom is 0.333 e. The summed E-state index contributed by atoms with van der Waals surface area (Å²) in [5.74, 6) is 0.251. The van der Waals surface area contributed by atoms with Crippen molar-refractivity contribution in [3.63, 3.8) is 0 Å². The number of carbonyl (C=O) groups is 2. The third kappa shape index (κ3) is 7.40. The monoisotopic (exact) mass is 387 g/mol. The summed E-state index contributed by atoms with van der Waals surface area (Å²) in [6, 6.07) is 4.79. The highest BCUT2D eigenvalue weighted by Crippen LogP contribution is 2.27. The van der Waals surface area contributed by atoms with E-state index in [2.05, 4.69) is 16.2 Å². The molecule has 6 nitrogen and oxygen atoms in total. The standard InChI is InChI=1S/C17H23Cl2N3O3/c18-12-8-9-15(14(19)11-12)25-10-4-7-16(23)21-22-17(24)20-13-5-2-1-3-6-13/h8-9,11,13H,1-7,10H2,(H,21,23)(H2,20,22,24). The van der Waals surface area contributed by atoms with Crippen LogP contribution in [0.2, 0.25) is 10.0 Å². The van der Waals surface area contributed by atoms with Gasteiger partial charge in [0.05, 0.1) is 11.6 Å². The number of benzene rings is 1. The van der Waals surface area contributed by atoms with Crippen LogP contribution in [0.5, 0.6) is 5.75 Å². The minimum absolute atomic E-state index is 0.197. The second-order valence-corrected chi connectivity index (χ2v) is 6.85. The number of hydrogen-bond donors (Lipinski definition) is 3. The molecule has 0 saturated heterocycles. The first kappa shape index (κ1) is 19.7. The van der Waals surface area contributed by atoms with Crippen molar-refractivity contribution in [3.05, 3.63) is 28.2 Å². The van der Waals surface area contributed by atoms with E-state index in [1.54, 1.807) is 18.2 Å². The molecule has 0 aromatic heterocycles. The van der Waals surface area contributed by atoms with Crippen molar-refractivity contribution in [3.8, 4) is 5.75 Å². The summed E-state index contributed by atoms with van der Waals surface area (Å²) in [5.41, 5.74) is 4.77. The Morgan fingerprint density at radius 2 is 1.88 bits per heavy atom. The molecule has 0 radical (unpaired) electrons. The Labute approximate surface area is 157 Å². The molecule has 8 heteroatoms. The zero-order chi connectivity index (χ0) is 18.1. The van der Waals surface area contributed by atoms with Gasteiger partial charge in [-0.3, -0.25) is 10.2 Å². The van der Waals surface area contributed by atoms with E-state index in [1.807, 2.05) is 0 Å². The lowest BCUT2D eigenvalue weighted by molar-refractivity contribution is -0.122. The van der Waals surface area contributed by atoms with Crippen LogP contribution in [0.4, 0.5) is 4.79 Å². The number of nitrogens with one attached hydrogen (secondary N) is 3. The largest absolute Gasteiger partial charge is 0.492 e. The first-order valence-corrected chi connectivity index (χ1v) is 9.23. The number of ether oxygens (including phenoxy) is 1. The highest BCUT2D eigenvalue weighted by atomic mass is 35.5. The molecular weight excluding hydrogens is 365 g/mol. The quantitative estimate of drug-likeness (QED) is 0.512. The van der Waals surface area contributed by atoms with Crippen LogP contribution in [0.15, 0.2) is 18.2 Å². The molecule has 1 aromatic rings. The van der Waals surface area contributed by atoms with Crippen LogP contribution < -0.4 is 20.9 Å². The summed E-state index contributed by atoms with van der Waals surface area (Å²) >= 11 is 11.8. The van der Waals surface area contributed by atoms with E-state index in [1.165, 1.54) is 6.42 Å². The molecule has 1 aliphatic rings. The molecule has 0 aliphatic heterocycles. The summed E-state index contributed by atoms with van der Waals surface area (Å²) in [6.07, 6.45) is 6.20. The predicted molar refractivity (Wildman–Crippen MR) is 97.9 cm³/mol. The first-order chi connectivity index (χ1) is 12.0. The first-order valence-electron chi connectivity index (χ1n) is 8.48. The molecule has 2 rings (SSSR count). The van der Waals surface area contributed by atoms with Gasteiger partial charge < -0.3 is 10.1 Å². The van der Waals surface area contributed by atoms with Crippen molar-refractivity contribution >= 4 is 35.1 Å². The molecule has 1 aliphatic carbocycles. The van der Waals surface area contributed by atoms with Gasteiger partial charge in [-0.2, -0.15) is 0 Å². The Morgan fingerprint density at radius 1 is 1.12 bits per heavy atom. The second kappa shape index (κ2) is 10.4. The third-order valence-electron chi connectivity index (χ3n) is 3.96. The van der Waals surface area contributed by atoms with E-state index in [0.717, 1.165) is 25.7 Å². The minimum Gasteiger partial charge on any atom is -0.492 e. The molecule has 0 bridgehead atoms. The average molecular weight is 388 g/mol. The highest BCUT2D eigenvalue weighted by molar-refractivity contribution is 6.35. The average Bonchev–Trinajstić information content (AvgIpc) is 2.59. The lowest BCUT2D eigenvalue weighted by atomic mass is 9.96. The van der Waals surface area contributed by atoms with Crippen LogP contribution in [-0.4, -0.2) is 24.6 Å². The van der Waals surface area contributed by atoms with Crippen LogP contribution >= 0.6 is 23.2 Å². The fourth-order valence-corrected chi connectivity index (χ4v) is 3.13. The number of hydrazine groups is 1. The summed E-state index contributed by atoms with van der Waals surface area (Å²) < 4.78 is 5.50. The van der Waals surface area contributed by atoms with E-state index >= 15 is 0 Å². The summed E-state index contributed by atoms with van der Waals surface area (Å²) in [6.45, 7) is 0.336. The fourth-order valence-electron chi connectivity index (χ4n) is 2.66. The second-order valence-electron chi connectivity index (χ2n) is 6.01. The lowest BCUT2D eigenvalue weighted by Gasteiger charge is -2.22. The molecule has 0 atom stereocenters. The van der Waals surface area contributed by atoms with Crippen LogP contribution in [-0.2, 0) is 4.79 Å². The number of halogens is 2. The van der Waals surface area contributed by atoms with Gasteiger partial charge >= 0.3 is 6.03 Å². The lowest BCUT2D eigenvalue weighted by Crippen LogP contribution is -2.50. The number of rotatable bonds is 6. The number of hydrogen-bond acceptors (Lipinski definition) is 3. The summed E-state index contributed by atoms with van der Waals surface area (Å²) in [4.78, 5) is 23.4. The predicted octanol–water partition coefficient (Wildman–Crippen LogP) is 3.82. The Kier molecular flexibility index (Phi) is 8.15. The van der Waals surface area contributed by atoms with Gasteiger partial charge in [0.2, 0.25) is 5.91 Å². The van der Waals surface area contributed by atoms with Crippen molar-refractivity contribution < 1.29 is 14.3 Å². The third-order valence-corrected chi connectivity index (χ3v) is 4.49. The Balaban J connectivity index is 1.56.